The Hall–Kier alpha value is -1.75. The number of hydrogen-bond acceptors (Lipinski definition) is 4. The van der Waals surface area contributed by atoms with Gasteiger partial charge >= 0.3 is 0 Å². The van der Waals surface area contributed by atoms with E-state index in [1.807, 2.05) is 0 Å². The first-order valence-corrected chi connectivity index (χ1v) is 6.55. The van der Waals surface area contributed by atoms with Crippen LogP contribution in [0.1, 0.15) is 36.0 Å². The number of nitrogens with two attached hydrogens (primary N) is 1. The first-order valence-electron chi connectivity index (χ1n) is 6.55. The fourth-order valence-corrected chi connectivity index (χ4v) is 2.42. The summed E-state index contributed by atoms with van der Waals surface area (Å²) in [6.07, 6.45) is 4.07. The van der Waals surface area contributed by atoms with E-state index < -0.39 is 0 Å². The van der Waals surface area contributed by atoms with Crippen LogP contribution in [0.3, 0.4) is 0 Å². The van der Waals surface area contributed by atoms with Gasteiger partial charge in [0.25, 0.3) is 5.91 Å². The third-order valence-electron chi connectivity index (χ3n) is 3.58. The average molecular weight is 264 g/mol. The number of carbonyl (C=O) groups is 1. The smallest absolute Gasteiger partial charge is 0.251 e. The lowest BCUT2D eigenvalue weighted by Gasteiger charge is -2.29. The highest BCUT2D eigenvalue weighted by Crippen LogP contribution is 2.26. The average Bonchev–Trinajstić information content (AvgIpc) is 2.41. The fourth-order valence-electron chi connectivity index (χ4n) is 2.42. The number of phenols is 1. The summed E-state index contributed by atoms with van der Waals surface area (Å²) in [4.78, 5) is 12.1. The molecule has 0 heterocycles. The number of rotatable bonds is 3. The van der Waals surface area contributed by atoms with Gasteiger partial charge in [-0.1, -0.05) is 12.8 Å². The van der Waals surface area contributed by atoms with E-state index in [4.69, 9.17) is 10.5 Å². The third-order valence-corrected chi connectivity index (χ3v) is 3.58. The molecule has 0 radical (unpaired) electrons. The Morgan fingerprint density at radius 1 is 1.42 bits per heavy atom. The van der Waals surface area contributed by atoms with E-state index in [2.05, 4.69) is 5.32 Å². The first kappa shape index (κ1) is 13.7. The normalized spacial score (nSPS) is 22.8. The molecule has 2 atom stereocenters. The van der Waals surface area contributed by atoms with Gasteiger partial charge in [0.1, 0.15) is 0 Å². The Bertz CT molecular complexity index is 462. The summed E-state index contributed by atoms with van der Waals surface area (Å²) in [6, 6.07) is 4.64. The summed E-state index contributed by atoms with van der Waals surface area (Å²) in [7, 11) is 1.47. The predicted molar refractivity (Wildman–Crippen MR) is 72.4 cm³/mol. The van der Waals surface area contributed by atoms with Crippen LogP contribution in [0.4, 0.5) is 0 Å². The lowest BCUT2D eigenvalue weighted by atomic mass is 9.91. The number of nitrogens with one attached hydrogen (secondary N) is 1. The maximum Gasteiger partial charge on any atom is 0.251 e. The van der Waals surface area contributed by atoms with Crippen molar-refractivity contribution in [3.05, 3.63) is 23.8 Å². The van der Waals surface area contributed by atoms with Crippen molar-refractivity contribution in [1.82, 2.24) is 5.32 Å². The van der Waals surface area contributed by atoms with Crippen molar-refractivity contribution < 1.29 is 14.6 Å². The third kappa shape index (κ3) is 3.17. The number of phenolic OH excluding ortho intramolecular Hbond substituents is 1. The molecule has 5 nitrogen and oxygen atoms in total. The summed E-state index contributed by atoms with van der Waals surface area (Å²) in [6.45, 7) is 0. The van der Waals surface area contributed by atoms with E-state index >= 15 is 0 Å². The topological polar surface area (TPSA) is 84.6 Å². The van der Waals surface area contributed by atoms with E-state index in [1.54, 1.807) is 12.1 Å². The van der Waals surface area contributed by atoms with E-state index in [-0.39, 0.29) is 23.7 Å². The molecule has 0 aromatic heterocycles. The molecule has 0 unspecified atom stereocenters. The molecular weight excluding hydrogens is 244 g/mol. The van der Waals surface area contributed by atoms with Crippen molar-refractivity contribution in [2.45, 2.75) is 37.8 Å². The highest BCUT2D eigenvalue weighted by atomic mass is 16.5. The number of amides is 1. The van der Waals surface area contributed by atoms with Crippen LogP contribution in [0.15, 0.2) is 18.2 Å². The summed E-state index contributed by atoms with van der Waals surface area (Å²) in [5.41, 5.74) is 6.41. The number of aromatic hydroxyl groups is 1. The lowest BCUT2D eigenvalue weighted by molar-refractivity contribution is 0.0921. The number of ether oxygens (including phenoxy) is 1. The van der Waals surface area contributed by atoms with Crippen molar-refractivity contribution in [1.29, 1.82) is 0 Å². The van der Waals surface area contributed by atoms with Gasteiger partial charge in [0.2, 0.25) is 0 Å². The second-order valence-electron chi connectivity index (χ2n) is 4.91. The number of methoxy groups -OCH3 is 1. The Morgan fingerprint density at radius 2 is 2.16 bits per heavy atom. The zero-order chi connectivity index (χ0) is 13.8. The van der Waals surface area contributed by atoms with Crippen LogP contribution < -0.4 is 15.8 Å². The van der Waals surface area contributed by atoms with Crippen LogP contribution in [0.5, 0.6) is 11.5 Å². The van der Waals surface area contributed by atoms with Gasteiger partial charge in [0.15, 0.2) is 11.5 Å². The van der Waals surface area contributed by atoms with Crippen molar-refractivity contribution in [3.8, 4) is 11.5 Å². The highest BCUT2D eigenvalue weighted by molar-refractivity contribution is 5.95. The monoisotopic (exact) mass is 264 g/mol. The van der Waals surface area contributed by atoms with Crippen molar-refractivity contribution in [3.63, 3.8) is 0 Å². The second kappa shape index (κ2) is 5.93. The second-order valence-corrected chi connectivity index (χ2v) is 4.91. The first-order chi connectivity index (χ1) is 9.11. The minimum atomic E-state index is -0.208. The predicted octanol–water partition coefficient (Wildman–Crippen LogP) is 1.40. The largest absolute Gasteiger partial charge is 0.504 e. The highest BCUT2D eigenvalue weighted by Gasteiger charge is 2.23. The van der Waals surface area contributed by atoms with Gasteiger partial charge in [0.05, 0.1) is 7.11 Å². The molecule has 1 aliphatic carbocycles. The Morgan fingerprint density at radius 3 is 2.79 bits per heavy atom. The summed E-state index contributed by atoms with van der Waals surface area (Å²) in [5, 5.41) is 12.6. The van der Waals surface area contributed by atoms with E-state index in [0.29, 0.717) is 11.3 Å². The van der Waals surface area contributed by atoms with Gasteiger partial charge in [-0.2, -0.15) is 0 Å². The molecule has 19 heavy (non-hydrogen) atoms. The molecule has 5 heteroatoms. The van der Waals surface area contributed by atoms with Crippen LogP contribution in [0.2, 0.25) is 0 Å². The summed E-state index contributed by atoms with van der Waals surface area (Å²) < 4.78 is 4.95. The van der Waals surface area contributed by atoms with Crippen LogP contribution in [0.25, 0.3) is 0 Å². The SMILES string of the molecule is COc1ccc(C(=O)N[C@@H]2CCCC[C@H]2N)cc1O. The molecule has 0 aliphatic heterocycles. The maximum atomic E-state index is 12.1. The van der Waals surface area contributed by atoms with E-state index in [0.717, 1.165) is 25.7 Å². The quantitative estimate of drug-likeness (QED) is 0.770. The molecule has 1 saturated carbocycles. The standard InChI is InChI=1S/C14H20N2O3/c1-19-13-7-6-9(8-12(13)17)14(18)16-11-5-3-2-4-10(11)15/h6-8,10-11,17H,2-5,15H2,1H3,(H,16,18)/t10-,11-/m1/s1. The van der Waals surface area contributed by atoms with E-state index in [1.165, 1.54) is 13.2 Å². The molecule has 0 bridgehead atoms. The Labute approximate surface area is 112 Å². The lowest BCUT2D eigenvalue weighted by Crippen LogP contribution is -2.49. The van der Waals surface area contributed by atoms with Gasteiger partial charge in [-0.3, -0.25) is 4.79 Å². The molecule has 1 aromatic carbocycles. The minimum Gasteiger partial charge on any atom is -0.504 e. The molecular formula is C14H20N2O3. The van der Waals surface area contributed by atoms with Crippen LogP contribution in [0, 0.1) is 0 Å². The molecule has 2 rings (SSSR count). The molecule has 1 fully saturated rings. The molecule has 1 amide bonds. The summed E-state index contributed by atoms with van der Waals surface area (Å²) >= 11 is 0. The summed E-state index contributed by atoms with van der Waals surface area (Å²) in [5.74, 6) is 0.106. The Kier molecular flexibility index (Phi) is 4.27. The van der Waals surface area contributed by atoms with Crippen molar-refractivity contribution in [2.24, 2.45) is 5.73 Å². The minimum absolute atomic E-state index is 0.0181. The maximum absolute atomic E-state index is 12.1. The fraction of sp³-hybridized carbons (Fsp3) is 0.500. The molecule has 1 aliphatic rings. The van der Waals surface area contributed by atoms with Crippen molar-refractivity contribution >= 4 is 5.91 Å². The molecule has 4 N–H and O–H groups in total. The molecule has 1 aromatic rings. The van der Waals surface area contributed by atoms with Gasteiger partial charge in [-0.05, 0) is 31.0 Å². The molecule has 104 valence electrons. The van der Waals surface area contributed by atoms with Gasteiger partial charge in [-0.25, -0.2) is 0 Å². The van der Waals surface area contributed by atoms with Gasteiger partial charge in [0, 0.05) is 17.6 Å². The number of benzene rings is 1. The zero-order valence-corrected chi connectivity index (χ0v) is 11.1. The molecule has 0 saturated heterocycles. The van der Waals surface area contributed by atoms with Crippen molar-refractivity contribution in [2.75, 3.05) is 7.11 Å². The van der Waals surface area contributed by atoms with E-state index in [9.17, 15) is 9.90 Å². The van der Waals surface area contributed by atoms with Crippen LogP contribution in [-0.2, 0) is 0 Å². The van der Waals surface area contributed by atoms with Gasteiger partial charge in [-0.15, -0.1) is 0 Å². The van der Waals surface area contributed by atoms with Crippen LogP contribution in [-0.4, -0.2) is 30.2 Å². The van der Waals surface area contributed by atoms with Gasteiger partial charge < -0.3 is 20.9 Å². The molecule has 0 spiro atoms. The van der Waals surface area contributed by atoms with Crippen LogP contribution >= 0.6 is 0 Å². The number of hydrogen-bond donors (Lipinski definition) is 3. The Balaban J connectivity index is 2.05. The zero-order valence-electron chi connectivity index (χ0n) is 11.1. The number of carbonyl (C=O) groups excluding carboxylic acids is 1.